The van der Waals surface area contributed by atoms with Gasteiger partial charge in [-0.15, -0.1) is 0 Å². The van der Waals surface area contributed by atoms with Crippen molar-refractivity contribution in [2.45, 2.75) is 71.8 Å². The van der Waals surface area contributed by atoms with E-state index in [1.165, 1.54) is 11.1 Å². The Bertz CT molecular complexity index is 1160. The van der Waals surface area contributed by atoms with Crippen molar-refractivity contribution in [2.75, 3.05) is 31.9 Å². The maximum Gasteiger partial charge on any atom is 0.264 e. The third-order valence-electron chi connectivity index (χ3n) is 8.55. The normalized spacial score (nSPS) is 34.1. The molecular formula is C23H41NO8S3. The molecule has 0 spiro atoms. The smallest absolute Gasteiger partial charge is 0.264 e. The van der Waals surface area contributed by atoms with Crippen molar-refractivity contribution in [3.8, 4) is 0 Å². The number of nitrogens with one attached hydrogen (secondary N) is 1. The highest BCUT2D eigenvalue weighted by molar-refractivity contribution is 7.88. The van der Waals surface area contributed by atoms with Crippen molar-refractivity contribution in [1.29, 1.82) is 0 Å². The summed E-state index contributed by atoms with van der Waals surface area (Å²) in [4.78, 5) is 0. The Labute approximate surface area is 211 Å². The first kappa shape index (κ1) is 29.0. The Balaban J connectivity index is 1.97. The van der Waals surface area contributed by atoms with Crippen molar-refractivity contribution in [3.63, 3.8) is 0 Å². The summed E-state index contributed by atoms with van der Waals surface area (Å²) in [6, 6.07) is 0. The van der Waals surface area contributed by atoms with Gasteiger partial charge in [0.05, 0.1) is 31.5 Å². The molecule has 1 saturated carbocycles. The topological polar surface area (TPSA) is 133 Å². The third kappa shape index (κ3) is 7.28. The van der Waals surface area contributed by atoms with Gasteiger partial charge in [0, 0.05) is 6.54 Å². The maximum absolute atomic E-state index is 12.0. The lowest BCUT2D eigenvalue weighted by Gasteiger charge is -2.53. The van der Waals surface area contributed by atoms with Crippen LogP contribution in [-0.4, -0.2) is 63.3 Å². The predicted molar refractivity (Wildman–Crippen MR) is 135 cm³/mol. The molecule has 0 saturated heterocycles. The maximum atomic E-state index is 12.0. The van der Waals surface area contributed by atoms with E-state index in [0.29, 0.717) is 25.8 Å². The molecule has 12 heteroatoms. The van der Waals surface area contributed by atoms with E-state index < -0.39 is 36.4 Å². The van der Waals surface area contributed by atoms with Crippen LogP contribution >= 0.6 is 0 Å². The fourth-order valence-corrected chi connectivity index (χ4v) is 8.36. The van der Waals surface area contributed by atoms with E-state index in [2.05, 4.69) is 25.5 Å². The van der Waals surface area contributed by atoms with E-state index in [-0.39, 0.29) is 35.2 Å². The van der Waals surface area contributed by atoms with Crippen LogP contribution in [0.4, 0.5) is 0 Å². The molecule has 3 aliphatic rings. The minimum atomic E-state index is -3.69. The van der Waals surface area contributed by atoms with Crippen LogP contribution in [0, 0.1) is 28.6 Å². The van der Waals surface area contributed by atoms with Gasteiger partial charge in [0.15, 0.2) is 0 Å². The molecule has 0 aromatic heterocycles. The Morgan fingerprint density at radius 3 is 2.14 bits per heavy atom. The number of allylic oxidation sites excluding steroid dienone is 1. The number of hydrogen-bond acceptors (Lipinski definition) is 8. The fraction of sp³-hybridized carbons (Fsp3) is 0.913. The van der Waals surface area contributed by atoms with Gasteiger partial charge in [0.1, 0.15) is 0 Å². The van der Waals surface area contributed by atoms with Crippen molar-refractivity contribution < 1.29 is 33.6 Å². The van der Waals surface area contributed by atoms with Crippen LogP contribution in [0.5, 0.6) is 0 Å². The largest absolute Gasteiger partial charge is 0.270 e. The highest BCUT2D eigenvalue weighted by Crippen LogP contribution is 2.59. The molecule has 5 atom stereocenters. The molecular weight excluding hydrogens is 514 g/mol. The molecule has 204 valence electrons. The Morgan fingerprint density at radius 1 is 0.914 bits per heavy atom. The number of sulfonamides is 1. The van der Waals surface area contributed by atoms with Gasteiger partial charge in [-0.3, -0.25) is 8.37 Å². The summed E-state index contributed by atoms with van der Waals surface area (Å²) in [5.41, 5.74) is 2.47. The lowest BCUT2D eigenvalue weighted by molar-refractivity contribution is -0.0450. The minimum absolute atomic E-state index is 0.00615. The van der Waals surface area contributed by atoms with Gasteiger partial charge in [-0.2, -0.15) is 16.8 Å². The first-order valence-corrected chi connectivity index (χ1v) is 17.7. The highest BCUT2D eigenvalue weighted by atomic mass is 32.2. The van der Waals surface area contributed by atoms with Gasteiger partial charge in [0.2, 0.25) is 10.0 Å². The molecule has 3 aliphatic carbocycles. The molecule has 1 N–H and O–H groups in total. The summed E-state index contributed by atoms with van der Waals surface area (Å²) < 4.78 is 84.6. The van der Waals surface area contributed by atoms with Gasteiger partial charge in [-0.25, -0.2) is 13.1 Å². The summed E-state index contributed by atoms with van der Waals surface area (Å²) in [5, 5.41) is 0. The molecule has 35 heavy (non-hydrogen) atoms. The molecule has 0 aromatic carbocycles. The van der Waals surface area contributed by atoms with Crippen LogP contribution in [0.25, 0.3) is 0 Å². The van der Waals surface area contributed by atoms with Gasteiger partial charge < -0.3 is 0 Å². The monoisotopic (exact) mass is 555 g/mol. The average molecular weight is 556 g/mol. The molecule has 0 bridgehead atoms. The van der Waals surface area contributed by atoms with Gasteiger partial charge in [0.25, 0.3) is 20.2 Å². The zero-order chi connectivity index (χ0) is 26.4. The van der Waals surface area contributed by atoms with Crippen LogP contribution in [0.1, 0.15) is 65.7 Å². The molecule has 1 fully saturated rings. The van der Waals surface area contributed by atoms with Gasteiger partial charge in [-0.05, 0) is 73.5 Å². The fourth-order valence-electron chi connectivity index (χ4n) is 6.80. The van der Waals surface area contributed by atoms with Crippen molar-refractivity contribution in [1.82, 2.24) is 4.72 Å². The lowest BCUT2D eigenvalue weighted by atomic mass is 9.53. The summed E-state index contributed by atoms with van der Waals surface area (Å²) in [7, 11) is -10.7. The minimum Gasteiger partial charge on any atom is -0.270 e. The van der Waals surface area contributed by atoms with Crippen LogP contribution in [-0.2, 0) is 38.6 Å². The molecule has 0 aliphatic heterocycles. The quantitative estimate of drug-likeness (QED) is 0.339. The van der Waals surface area contributed by atoms with Crippen molar-refractivity contribution in [2.24, 2.45) is 28.6 Å². The third-order valence-corrected chi connectivity index (χ3v) is 10.4. The summed E-state index contributed by atoms with van der Waals surface area (Å²) in [5.74, 6) is -0.176. The van der Waals surface area contributed by atoms with Crippen LogP contribution in [0.15, 0.2) is 11.1 Å². The van der Waals surface area contributed by atoms with Gasteiger partial charge in [-0.1, -0.05) is 31.9 Å². The molecule has 0 heterocycles. The molecule has 0 amide bonds. The van der Waals surface area contributed by atoms with E-state index in [4.69, 9.17) is 8.37 Å². The second kappa shape index (κ2) is 9.98. The molecule has 3 rings (SSSR count). The van der Waals surface area contributed by atoms with Gasteiger partial charge >= 0.3 is 0 Å². The van der Waals surface area contributed by atoms with E-state index >= 15 is 0 Å². The van der Waals surface area contributed by atoms with E-state index in [1.807, 2.05) is 0 Å². The summed E-state index contributed by atoms with van der Waals surface area (Å²) in [6.07, 6.45) is 7.93. The average Bonchev–Trinajstić information content (AvgIpc) is 2.99. The number of rotatable bonds is 9. The molecule has 0 aromatic rings. The second-order valence-electron chi connectivity index (χ2n) is 11.6. The zero-order valence-electron chi connectivity index (χ0n) is 21.7. The van der Waals surface area contributed by atoms with E-state index in [0.717, 1.165) is 44.5 Å². The Morgan fingerprint density at radius 2 is 1.57 bits per heavy atom. The first-order valence-electron chi connectivity index (χ1n) is 12.2. The summed E-state index contributed by atoms with van der Waals surface area (Å²) >= 11 is 0. The Kier molecular flexibility index (Phi) is 8.28. The summed E-state index contributed by atoms with van der Waals surface area (Å²) in [6.45, 7) is 6.86. The second-order valence-corrected chi connectivity index (χ2v) is 16.7. The molecule has 0 radical (unpaired) electrons. The van der Waals surface area contributed by atoms with E-state index in [1.54, 1.807) is 0 Å². The van der Waals surface area contributed by atoms with Crippen LogP contribution < -0.4 is 4.72 Å². The zero-order valence-corrected chi connectivity index (χ0v) is 24.1. The van der Waals surface area contributed by atoms with Crippen LogP contribution in [0.3, 0.4) is 0 Å². The molecule has 0 unspecified atom stereocenters. The number of hydrogen-bond donors (Lipinski definition) is 1. The SMILES string of the molecule is CC1(C)CCC2=C1CC[C@H]([C@@]1(C)CC[C@H](OS(C)(=O)=O)C[C@@H]1COS(C)(=O)=O)[C@H]2CNS(C)(=O)=O. The predicted octanol–water partition coefficient (Wildman–Crippen LogP) is 2.81. The first-order chi connectivity index (χ1) is 15.8. The lowest BCUT2D eigenvalue weighted by Crippen LogP contribution is -2.50. The highest BCUT2D eigenvalue weighted by Gasteiger charge is 2.52. The Hall–Kier alpha value is -0.530. The van der Waals surface area contributed by atoms with Crippen molar-refractivity contribution >= 4 is 30.3 Å². The van der Waals surface area contributed by atoms with Crippen molar-refractivity contribution in [3.05, 3.63) is 11.1 Å². The van der Waals surface area contributed by atoms with E-state index in [9.17, 15) is 25.3 Å². The van der Waals surface area contributed by atoms with Crippen LogP contribution in [0.2, 0.25) is 0 Å². The standard InChI is InChI=1S/C23H41NO8S3/c1-22(2)11-10-18-19(14-24-33(4,25)26)21(8-7-20(18)22)23(3)12-9-17(32-35(6,29)30)13-16(23)15-31-34(5,27)28/h16-17,19,21,24H,7-15H2,1-6H3/t16-,17+,19+,21+,23+/m1/s1. The molecule has 9 nitrogen and oxygen atoms in total.